The summed E-state index contributed by atoms with van der Waals surface area (Å²) in [6.45, 7) is 9.86. The molecule has 30 heavy (non-hydrogen) atoms. The lowest BCUT2D eigenvalue weighted by molar-refractivity contribution is -0.384. The van der Waals surface area contributed by atoms with Crippen molar-refractivity contribution in [2.75, 3.05) is 31.1 Å². The van der Waals surface area contributed by atoms with Crippen LogP contribution in [-0.4, -0.2) is 46.1 Å². The molecule has 0 saturated carbocycles. The van der Waals surface area contributed by atoms with E-state index in [1.54, 1.807) is 4.90 Å². The van der Waals surface area contributed by atoms with E-state index in [1.807, 2.05) is 27.7 Å². The molecular formula is C19H24F3N5O3. The zero-order valence-corrected chi connectivity index (χ0v) is 17.2. The molecule has 1 aromatic carbocycles. The van der Waals surface area contributed by atoms with Crippen LogP contribution in [0.3, 0.4) is 0 Å². The summed E-state index contributed by atoms with van der Waals surface area (Å²) in [5.74, 6) is 1.11. The van der Waals surface area contributed by atoms with E-state index in [0.717, 1.165) is 6.07 Å². The number of piperazine rings is 1. The molecule has 0 aliphatic carbocycles. The molecule has 1 aliphatic heterocycles. The quantitative estimate of drug-likeness (QED) is 0.534. The van der Waals surface area contributed by atoms with Crippen LogP contribution in [0.2, 0.25) is 0 Å². The number of hydrogen-bond donors (Lipinski definition) is 0. The van der Waals surface area contributed by atoms with Gasteiger partial charge in [-0.1, -0.05) is 25.9 Å². The number of nitro groups is 1. The van der Waals surface area contributed by atoms with Crippen LogP contribution in [0, 0.1) is 10.1 Å². The molecule has 11 heteroatoms. The van der Waals surface area contributed by atoms with Gasteiger partial charge < -0.3 is 9.42 Å². The highest BCUT2D eigenvalue weighted by molar-refractivity contribution is 5.65. The van der Waals surface area contributed by atoms with Gasteiger partial charge in [0.25, 0.3) is 5.69 Å². The lowest BCUT2D eigenvalue weighted by atomic mass is 9.96. The van der Waals surface area contributed by atoms with E-state index in [0.29, 0.717) is 44.0 Å². The molecule has 0 bridgehead atoms. The molecule has 1 aromatic heterocycles. The Morgan fingerprint density at radius 1 is 1.17 bits per heavy atom. The molecule has 1 aliphatic rings. The maximum atomic E-state index is 12.9. The number of nitro benzene ring substituents is 1. The van der Waals surface area contributed by atoms with Crippen LogP contribution in [0.5, 0.6) is 0 Å². The fourth-order valence-corrected chi connectivity index (χ4v) is 3.33. The highest BCUT2D eigenvalue weighted by Gasteiger charge is 2.35. The summed E-state index contributed by atoms with van der Waals surface area (Å²) >= 11 is 0. The monoisotopic (exact) mass is 427 g/mol. The molecule has 1 saturated heterocycles. The lowest BCUT2D eigenvalue weighted by Gasteiger charge is -2.37. The molecular weight excluding hydrogens is 403 g/mol. The number of hydrogen-bond acceptors (Lipinski definition) is 7. The average molecular weight is 427 g/mol. The summed E-state index contributed by atoms with van der Waals surface area (Å²) in [4.78, 5) is 18.9. The Balaban J connectivity index is 1.72. The van der Waals surface area contributed by atoms with Crippen molar-refractivity contribution in [1.82, 2.24) is 15.0 Å². The second-order valence-electron chi connectivity index (χ2n) is 8.36. The van der Waals surface area contributed by atoms with Crippen molar-refractivity contribution in [3.05, 3.63) is 45.6 Å². The Labute approximate surface area is 171 Å². The molecule has 0 amide bonds. The summed E-state index contributed by atoms with van der Waals surface area (Å²) < 4.78 is 44.2. The number of anilines is 1. The zero-order valence-electron chi connectivity index (χ0n) is 17.2. The van der Waals surface area contributed by atoms with E-state index >= 15 is 0 Å². The van der Waals surface area contributed by atoms with Gasteiger partial charge in [-0.25, -0.2) is 0 Å². The maximum Gasteiger partial charge on any atom is 0.416 e. The van der Waals surface area contributed by atoms with Crippen LogP contribution in [0.4, 0.5) is 24.5 Å². The van der Waals surface area contributed by atoms with Gasteiger partial charge in [-0.15, -0.1) is 0 Å². The van der Waals surface area contributed by atoms with E-state index in [-0.39, 0.29) is 17.1 Å². The number of nitrogens with zero attached hydrogens (tertiary/aromatic N) is 5. The molecule has 0 radical (unpaired) electrons. The molecule has 0 spiro atoms. The van der Waals surface area contributed by atoms with E-state index in [1.165, 1.54) is 6.07 Å². The van der Waals surface area contributed by atoms with Crippen molar-refractivity contribution in [3.63, 3.8) is 0 Å². The zero-order chi connectivity index (χ0) is 22.3. The molecule has 8 nitrogen and oxygen atoms in total. The highest BCUT2D eigenvalue weighted by Crippen LogP contribution is 2.37. The summed E-state index contributed by atoms with van der Waals surface area (Å²) in [6, 6.07) is 2.51. The smallest absolute Gasteiger partial charge is 0.363 e. The molecule has 1 fully saturated rings. The van der Waals surface area contributed by atoms with Gasteiger partial charge in [-0.3, -0.25) is 15.0 Å². The van der Waals surface area contributed by atoms with Crippen molar-refractivity contribution in [2.45, 2.75) is 45.3 Å². The fourth-order valence-electron chi connectivity index (χ4n) is 3.33. The molecule has 0 N–H and O–H groups in total. The largest absolute Gasteiger partial charge is 0.416 e. The van der Waals surface area contributed by atoms with E-state index in [9.17, 15) is 23.3 Å². The number of aromatic nitrogens is 2. The average Bonchev–Trinajstić information content (AvgIpc) is 3.17. The lowest BCUT2D eigenvalue weighted by Crippen LogP contribution is -2.47. The second-order valence-corrected chi connectivity index (χ2v) is 8.36. The predicted molar refractivity (Wildman–Crippen MR) is 103 cm³/mol. The third-order valence-electron chi connectivity index (χ3n) is 5.17. The molecule has 1 unspecified atom stereocenters. The number of alkyl halides is 3. The minimum absolute atomic E-state index is 0.140. The fraction of sp³-hybridized carbons (Fsp3) is 0.579. The van der Waals surface area contributed by atoms with Gasteiger partial charge in [0.2, 0.25) is 5.89 Å². The summed E-state index contributed by atoms with van der Waals surface area (Å²) in [7, 11) is 0. The Morgan fingerprint density at radius 3 is 2.30 bits per heavy atom. The van der Waals surface area contributed by atoms with Crippen LogP contribution >= 0.6 is 0 Å². The third kappa shape index (κ3) is 4.55. The molecule has 1 atom stereocenters. The van der Waals surface area contributed by atoms with Gasteiger partial charge in [0.15, 0.2) is 5.82 Å². The van der Waals surface area contributed by atoms with E-state index < -0.39 is 22.4 Å². The molecule has 2 heterocycles. The predicted octanol–water partition coefficient (Wildman–Crippen LogP) is 4.18. The Bertz CT molecular complexity index is 915. The normalized spacial score (nSPS) is 17.2. The van der Waals surface area contributed by atoms with Gasteiger partial charge >= 0.3 is 6.18 Å². The number of benzene rings is 1. The van der Waals surface area contributed by atoms with Crippen molar-refractivity contribution in [2.24, 2.45) is 0 Å². The van der Waals surface area contributed by atoms with E-state index in [4.69, 9.17) is 4.52 Å². The van der Waals surface area contributed by atoms with Crippen LogP contribution in [0.15, 0.2) is 22.7 Å². The first-order valence-corrected chi connectivity index (χ1v) is 9.56. The summed E-state index contributed by atoms with van der Waals surface area (Å²) in [6.07, 6.45) is -4.63. The first-order valence-electron chi connectivity index (χ1n) is 9.56. The minimum atomic E-state index is -4.63. The number of rotatable bonds is 4. The van der Waals surface area contributed by atoms with E-state index in [2.05, 4.69) is 15.0 Å². The summed E-state index contributed by atoms with van der Waals surface area (Å²) in [5, 5.41) is 15.4. The van der Waals surface area contributed by atoms with Gasteiger partial charge in [0.05, 0.1) is 16.5 Å². The molecule has 3 rings (SSSR count). The van der Waals surface area contributed by atoms with Crippen molar-refractivity contribution < 1.29 is 22.6 Å². The van der Waals surface area contributed by atoms with Crippen molar-refractivity contribution >= 4 is 11.4 Å². The highest BCUT2D eigenvalue weighted by atomic mass is 19.4. The Kier molecular flexibility index (Phi) is 5.76. The third-order valence-corrected chi connectivity index (χ3v) is 5.17. The van der Waals surface area contributed by atoms with Gasteiger partial charge in [-0.2, -0.15) is 18.2 Å². The molecule has 164 valence electrons. The number of halogens is 3. The SMILES string of the molecule is CC(c1nc(C(C)(C)C)no1)N1CCN(c2ccc(C(F)(F)F)cc2[N+](=O)[O-])CC1. The minimum Gasteiger partial charge on any atom is -0.363 e. The Hall–Kier alpha value is -2.69. The van der Waals surface area contributed by atoms with Crippen LogP contribution in [-0.2, 0) is 11.6 Å². The van der Waals surface area contributed by atoms with Crippen molar-refractivity contribution in [1.29, 1.82) is 0 Å². The van der Waals surface area contributed by atoms with Gasteiger partial charge in [-0.05, 0) is 19.1 Å². The first-order chi connectivity index (χ1) is 13.9. The van der Waals surface area contributed by atoms with Crippen molar-refractivity contribution in [3.8, 4) is 0 Å². The maximum absolute atomic E-state index is 12.9. The second kappa shape index (κ2) is 7.86. The van der Waals surface area contributed by atoms with Crippen LogP contribution in [0.25, 0.3) is 0 Å². The van der Waals surface area contributed by atoms with Crippen LogP contribution < -0.4 is 4.90 Å². The Morgan fingerprint density at radius 2 is 1.80 bits per heavy atom. The molecule has 2 aromatic rings. The standard InChI is InChI=1S/C19H24F3N5O3/c1-12(16-23-17(24-30-16)18(2,3)4)25-7-9-26(10-8-25)14-6-5-13(19(20,21)22)11-15(14)27(28)29/h5-6,11-12H,7-10H2,1-4H3. The first kappa shape index (κ1) is 22.0. The van der Waals surface area contributed by atoms with Crippen LogP contribution in [0.1, 0.15) is 51.0 Å². The van der Waals surface area contributed by atoms with Gasteiger partial charge in [0.1, 0.15) is 5.69 Å². The van der Waals surface area contributed by atoms with Gasteiger partial charge in [0, 0.05) is 37.7 Å². The summed E-state index contributed by atoms with van der Waals surface area (Å²) in [5.41, 5.74) is -1.62. The topological polar surface area (TPSA) is 88.5 Å².